The van der Waals surface area contributed by atoms with Gasteiger partial charge in [0.25, 0.3) is 0 Å². The maximum absolute atomic E-state index is 12.3. The molecule has 0 radical (unpaired) electrons. The SMILES string of the molecule is COC1OC(C=O)C(CC2OC(C(=O)O)C(CC3OC(C(=O)O)C(CC4OC(C(=O)O)C(OC)C(O)C4O)C(O)C3O)C(O)C2O)C(O)C1O. The minimum absolute atomic E-state index is 0.304. The molecule has 20 unspecified atom stereocenters. The Balaban J connectivity index is 1.50. The predicted octanol–water partition coefficient (Wildman–Crippen LogP) is -5.97. The van der Waals surface area contributed by atoms with Gasteiger partial charge in [-0.2, -0.15) is 0 Å². The van der Waals surface area contributed by atoms with Crippen LogP contribution in [0.4, 0.5) is 0 Å². The van der Waals surface area contributed by atoms with Crippen molar-refractivity contribution in [1.29, 1.82) is 0 Å². The van der Waals surface area contributed by atoms with Crippen molar-refractivity contribution in [2.24, 2.45) is 17.8 Å². The average molecular weight is 729 g/mol. The van der Waals surface area contributed by atoms with Crippen LogP contribution in [-0.4, -0.2) is 199 Å². The van der Waals surface area contributed by atoms with Crippen LogP contribution < -0.4 is 0 Å². The van der Waals surface area contributed by atoms with Crippen LogP contribution in [0.1, 0.15) is 19.3 Å². The zero-order valence-electron chi connectivity index (χ0n) is 26.7. The summed E-state index contributed by atoms with van der Waals surface area (Å²) in [6, 6.07) is 0. The molecule has 0 amide bonds. The fourth-order valence-corrected chi connectivity index (χ4v) is 7.39. The molecular weight excluding hydrogens is 684 g/mol. The number of aliphatic carboxylic acids is 3. The highest BCUT2D eigenvalue weighted by atomic mass is 16.7. The minimum Gasteiger partial charge on any atom is -0.479 e. The summed E-state index contributed by atoms with van der Waals surface area (Å²) in [6.45, 7) is 0. The van der Waals surface area contributed by atoms with E-state index in [2.05, 4.69) is 0 Å². The van der Waals surface area contributed by atoms with Gasteiger partial charge in [0.2, 0.25) is 0 Å². The lowest BCUT2D eigenvalue weighted by Crippen LogP contribution is -2.64. The van der Waals surface area contributed by atoms with Gasteiger partial charge in [-0.05, 0) is 19.3 Å². The predicted molar refractivity (Wildman–Crippen MR) is 154 cm³/mol. The molecule has 4 heterocycles. The summed E-state index contributed by atoms with van der Waals surface area (Å²) in [6.07, 6.45) is -31.1. The molecule has 286 valence electrons. The second-order valence-corrected chi connectivity index (χ2v) is 13.0. The Kier molecular flexibility index (Phi) is 13.3. The number of aldehydes is 1. The van der Waals surface area contributed by atoms with Gasteiger partial charge in [-0.1, -0.05) is 0 Å². The van der Waals surface area contributed by atoms with Gasteiger partial charge in [0.1, 0.15) is 49.0 Å². The van der Waals surface area contributed by atoms with Gasteiger partial charge >= 0.3 is 17.9 Å². The molecule has 0 aliphatic carbocycles. The highest BCUT2D eigenvalue weighted by molar-refractivity contribution is 5.74. The Hall–Kier alpha value is -2.48. The van der Waals surface area contributed by atoms with Crippen LogP contribution in [0.15, 0.2) is 0 Å². The quantitative estimate of drug-likeness (QED) is 0.0833. The molecule has 0 saturated carbocycles. The third-order valence-electron chi connectivity index (χ3n) is 10.1. The smallest absolute Gasteiger partial charge is 0.335 e. The zero-order valence-corrected chi connectivity index (χ0v) is 26.7. The molecule has 50 heavy (non-hydrogen) atoms. The molecule has 0 bridgehead atoms. The first-order chi connectivity index (χ1) is 23.5. The summed E-state index contributed by atoms with van der Waals surface area (Å²) in [5, 5.41) is 116. The molecule has 4 aliphatic heterocycles. The van der Waals surface area contributed by atoms with E-state index in [1.165, 1.54) is 0 Å². The minimum atomic E-state index is -1.98. The third-order valence-corrected chi connectivity index (χ3v) is 10.1. The molecule has 0 aromatic carbocycles. The van der Waals surface area contributed by atoms with Crippen LogP contribution in [0.2, 0.25) is 0 Å². The van der Waals surface area contributed by atoms with E-state index in [-0.39, 0.29) is 0 Å². The summed E-state index contributed by atoms with van der Waals surface area (Å²) in [4.78, 5) is 48.0. The second-order valence-electron chi connectivity index (χ2n) is 13.0. The van der Waals surface area contributed by atoms with Gasteiger partial charge in [0.15, 0.2) is 24.6 Å². The third kappa shape index (κ3) is 7.80. The summed E-state index contributed by atoms with van der Waals surface area (Å²) in [7, 11) is 2.23. The lowest BCUT2D eigenvalue weighted by molar-refractivity contribution is -0.279. The number of hydrogen-bond acceptors (Lipinski definition) is 18. The van der Waals surface area contributed by atoms with Crippen molar-refractivity contribution in [3.8, 4) is 0 Å². The Morgan fingerprint density at radius 3 is 1.28 bits per heavy atom. The van der Waals surface area contributed by atoms with Gasteiger partial charge in [-0.3, -0.25) is 0 Å². The van der Waals surface area contributed by atoms with Crippen molar-refractivity contribution < 1.29 is 104 Å². The van der Waals surface area contributed by atoms with Gasteiger partial charge in [-0.25, -0.2) is 14.4 Å². The van der Waals surface area contributed by atoms with E-state index in [9.17, 15) is 75.3 Å². The van der Waals surface area contributed by atoms with Crippen molar-refractivity contribution in [3.05, 3.63) is 0 Å². The van der Waals surface area contributed by atoms with Crippen LogP contribution in [0.25, 0.3) is 0 Å². The zero-order chi connectivity index (χ0) is 37.4. The first-order valence-electron chi connectivity index (χ1n) is 15.7. The molecule has 20 atom stereocenters. The number of hydrogen-bond donors (Lipinski definition) is 11. The number of ether oxygens (including phenoxy) is 6. The fourth-order valence-electron chi connectivity index (χ4n) is 7.39. The van der Waals surface area contributed by atoms with Crippen molar-refractivity contribution in [2.75, 3.05) is 14.2 Å². The van der Waals surface area contributed by atoms with Crippen molar-refractivity contribution in [3.63, 3.8) is 0 Å². The van der Waals surface area contributed by atoms with Crippen LogP contribution in [0.5, 0.6) is 0 Å². The molecule has 4 saturated heterocycles. The summed E-state index contributed by atoms with van der Waals surface area (Å²) < 4.78 is 31.7. The van der Waals surface area contributed by atoms with Crippen molar-refractivity contribution in [2.45, 2.75) is 123 Å². The van der Waals surface area contributed by atoms with Crippen LogP contribution >= 0.6 is 0 Å². The van der Waals surface area contributed by atoms with E-state index >= 15 is 0 Å². The molecular formula is C29H44O21. The molecule has 4 fully saturated rings. The van der Waals surface area contributed by atoms with Gasteiger partial charge in [0.05, 0.1) is 36.6 Å². The number of aliphatic hydroxyl groups is 8. The molecule has 0 spiro atoms. The largest absolute Gasteiger partial charge is 0.479 e. The Morgan fingerprint density at radius 2 is 0.900 bits per heavy atom. The number of carbonyl (C=O) groups excluding carboxylic acids is 1. The monoisotopic (exact) mass is 728 g/mol. The molecule has 4 aliphatic rings. The number of aliphatic hydroxyl groups excluding tert-OH is 8. The standard InChI is InChI=1S/C29H44O21/c1-45-24-20(37)19(36)12(49-25(24)28(43)44)5-9-16(33)18(35)11(48-23(9)27(41)42)4-8-15(32)17(34)10(47-22(8)26(39)40)3-7-13(6-30)50-29(46-2)21(38)14(7)31/h6-25,29,31-38H,3-5H2,1-2H3,(H,39,40)(H,41,42)(H,43,44). The van der Waals surface area contributed by atoms with Gasteiger partial charge in [0, 0.05) is 32.0 Å². The van der Waals surface area contributed by atoms with Gasteiger partial charge < -0.3 is 89.4 Å². The van der Waals surface area contributed by atoms with E-state index in [4.69, 9.17) is 28.4 Å². The van der Waals surface area contributed by atoms with Crippen molar-refractivity contribution >= 4 is 24.2 Å². The normalized spacial score (nSPS) is 48.4. The number of rotatable bonds is 12. The van der Waals surface area contributed by atoms with E-state index < -0.39 is 159 Å². The lowest BCUT2D eigenvalue weighted by Gasteiger charge is -2.48. The van der Waals surface area contributed by atoms with Crippen LogP contribution in [-0.2, 0) is 47.6 Å². The topological polar surface area (TPSA) is 346 Å². The second kappa shape index (κ2) is 16.5. The molecule has 21 nitrogen and oxygen atoms in total. The number of carboxylic acid groups (broad SMARTS) is 3. The van der Waals surface area contributed by atoms with E-state index in [0.29, 0.717) is 6.29 Å². The summed E-state index contributed by atoms with van der Waals surface area (Å²) >= 11 is 0. The average Bonchev–Trinajstić information content (AvgIpc) is 3.07. The molecule has 0 aromatic heterocycles. The number of carboxylic acids is 3. The first kappa shape index (κ1) is 40.3. The highest BCUT2D eigenvalue weighted by Crippen LogP contribution is 2.40. The fraction of sp³-hybridized carbons (Fsp3) is 0.862. The summed E-state index contributed by atoms with van der Waals surface area (Å²) in [5.41, 5.74) is 0. The van der Waals surface area contributed by atoms with Crippen molar-refractivity contribution in [1.82, 2.24) is 0 Å². The first-order valence-corrected chi connectivity index (χ1v) is 15.7. The van der Waals surface area contributed by atoms with E-state index in [1.807, 2.05) is 0 Å². The molecule has 21 heteroatoms. The Bertz CT molecular complexity index is 1200. The van der Waals surface area contributed by atoms with E-state index in [1.54, 1.807) is 0 Å². The maximum Gasteiger partial charge on any atom is 0.335 e. The molecule has 11 N–H and O–H groups in total. The van der Waals surface area contributed by atoms with Crippen LogP contribution in [0, 0.1) is 17.8 Å². The highest BCUT2D eigenvalue weighted by Gasteiger charge is 2.56. The van der Waals surface area contributed by atoms with Crippen LogP contribution in [0.3, 0.4) is 0 Å². The van der Waals surface area contributed by atoms with Gasteiger partial charge in [-0.15, -0.1) is 0 Å². The maximum atomic E-state index is 12.3. The van der Waals surface area contributed by atoms with E-state index in [0.717, 1.165) is 14.2 Å². The molecule has 0 aromatic rings. The Morgan fingerprint density at radius 1 is 0.520 bits per heavy atom. The lowest BCUT2D eigenvalue weighted by atomic mass is 9.75. The summed E-state index contributed by atoms with van der Waals surface area (Å²) in [5.74, 6) is -9.36. The Labute approximate surface area is 283 Å². The number of methoxy groups -OCH3 is 2. The number of carbonyl (C=O) groups is 4. The molecule has 4 rings (SSSR count).